The van der Waals surface area contributed by atoms with Crippen LogP contribution in [0.3, 0.4) is 0 Å². The fourth-order valence-corrected chi connectivity index (χ4v) is 2.40. The highest BCUT2D eigenvalue weighted by atomic mass is 32.2. The van der Waals surface area contributed by atoms with Gasteiger partial charge in [-0.05, 0) is 18.4 Å². The summed E-state index contributed by atoms with van der Waals surface area (Å²) < 4.78 is 8.17. The molecule has 0 unspecified atom stereocenters. The zero-order valence-corrected chi connectivity index (χ0v) is 12.7. The molecule has 0 atom stereocenters. The topological polar surface area (TPSA) is 69.8 Å². The van der Waals surface area contributed by atoms with E-state index in [1.165, 1.54) is 18.9 Å². The summed E-state index contributed by atoms with van der Waals surface area (Å²) >= 11 is 1.22. The van der Waals surface area contributed by atoms with Crippen LogP contribution in [-0.2, 0) is 16.6 Å². The number of aryl methyl sites for hydroxylation is 1. The quantitative estimate of drug-likeness (QED) is 0.282. The molecule has 2 aromatic rings. The number of esters is 1. The van der Waals surface area contributed by atoms with Crippen LogP contribution in [0, 0.1) is 0 Å². The number of aromatic nitrogens is 2. The molecule has 21 heavy (non-hydrogen) atoms. The average Bonchev–Trinajstić information content (AvgIpc) is 2.83. The minimum absolute atomic E-state index is 0.106. The molecule has 0 saturated heterocycles. The van der Waals surface area contributed by atoms with Gasteiger partial charge in [0.2, 0.25) is 5.52 Å². The lowest BCUT2D eigenvalue weighted by molar-refractivity contribution is -0.645. The van der Waals surface area contributed by atoms with Crippen LogP contribution in [0.4, 0.5) is 0 Å². The summed E-state index contributed by atoms with van der Waals surface area (Å²) in [6.07, 6.45) is 3.54. The van der Waals surface area contributed by atoms with Crippen LogP contribution in [-0.4, -0.2) is 34.9 Å². The molecule has 1 heterocycles. The summed E-state index contributed by atoms with van der Waals surface area (Å²) in [6, 6.07) is 7.73. The first-order valence-corrected chi connectivity index (χ1v) is 7.29. The van der Waals surface area contributed by atoms with Gasteiger partial charge in [-0.1, -0.05) is 21.9 Å². The standard InChI is InChI=1S/C14H14N4O2S/c1-17-9-18(12-7-5-4-6-11(12)17)16-13(21-3)10(8-15)14(19)20-2/h4-7,9H,1-3H3/b16-13-. The number of rotatable bonds is 3. The number of benzene rings is 1. The summed E-state index contributed by atoms with van der Waals surface area (Å²) in [7, 11) is 3.14. The SMILES string of the molecule is COC(=O)C(=C=[N-])/C(=N/n1c[n+](C)c2ccccc21)SC. The van der Waals surface area contributed by atoms with Crippen molar-refractivity contribution in [1.29, 1.82) is 0 Å². The summed E-state index contributed by atoms with van der Waals surface area (Å²) in [4.78, 5) is 11.6. The molecular formula is C14H14N4O2S. The Morgan fingerprint density at radius 3 is 2.81 bits per heavy atom. The minimum atomic E-state index is -0.688. The first-order valence-electron chi connectivity index (χ1n) is 6.06. The molecular weight excluding hydrogens is 288 g/mol. The summed E-state index contributed by atoms with van der Waals surface area (Å²) in [6.45, 7) is 0. The number of methoxy groups -OCH3 is 1. The first kappa shape index (κ1) is 15.0. The van der Waals surface area contributed by atoms with E-state index in [0.717, 1.165) is 11.0 Å². The van der Waals surface area contributed by atoms with Crippen LogP contribution in [0.1, 0.15) is 0 Å². The Morgan fingerprint density at radius 1 is 1.48 bits per heavy atom. The smallest absolute Gasteiger partial charge is 0.346 e. The Kier molecular flexibility index (Phi) is 4.57. The molecule has 6 nitrogen and oxygen atoms in total. The fraction of sp³-hybridized carbons (Fsp3) is 0.214. The Bertz CT molecular complexity index is 772. The highest BCUT2D eigenvalue weighted by Gasteiger charge is 2.18. The van der Waals surface area contributed by atoms with Crippen molar-refractivity contribution in [3.63, 3.8) is 0 Å². The van der Waals surface area contributed by atoms with Crippen molar-refractivity contribution in [3.8, 4) is 0 Å². The van der Waals surface area contributed by atoms with Gasteiger partial charge in [0, 0.05) is 0 Å². The van der Waals surface area contributed by atoms with Gasteiger partial charge in [0.1, 0.15) is 5.57 Å². The number of imidazole rings is 1. The zero-order valence-electron chi connectivity index (χ0n) is 11.9. The van der Waals surface area contributed by atoms with E-state index < -0.39 is 5.97 Å². The van der Waals surface area contributed by atoms with Gasteiger partial charge in [-0.25, -0.2) is 9.36 Å². The lowest BCUT2D eigenvalue weighted by atomic mass is 10.3. The highest BCUT2D eigenvalue weighted by Crippen LogP contribution is 2.14. The molecule has 0 spiro atoms. The Balaban J connectivity index is 2.58. The number of hydrogen-bond donors (Lipinski definition) is 0. The van der Waals surface area contributed by atoms with E-state index in [-0.39, 0.29) is 5.57 Å². The summed E-state index contributed by atoms with van der Waals surface area (Å²) in [5, 5.41) is 13.8. The monoisotopic (exact) mass is 302 g/mol. The van der Waals surface area contributed by atoms with Crippen LogP contribution >= 0.6 is 11.8 Å². The van der Waals surface area contributed by atoms with Crippen molar-refractivity contribution < 1.29 is 14.1 Å². The third-order valence-electron chi connectivity index (χ3n) is 2.90. The maximum absolute atomic E-state index is 11.6. The van der Waals surface area contributed by atoms with Gasteiger partial charge in [-0.15, -0.1) is 11.8 Å². The maximum atomic E-state index is 11.6. The summed E-state index contributed by atoms with van der Waals surface area (Å²) in [5.41, 5.74) is 1.78. The predicted octanol–water partition coefficient (Wildman–Crippen LogP) is 1.33. The average molecular weight is 302 g/mol. The van der Waals surface area contributed by atoms with Crippen LogP contribution in [0.25, 0.3) is 16.4 Å². The van der Waals surface area contributed by atoms with Gasteiger partial charge >= 0.3 is 5.97 Å². The van der Waals surface area contributed by atoms with Gasteiger partial charge in [-0.2, -0.15) is 0 Å². The van der Waals surface area contributed by atoms with E-state index in [1.54, 1.807) is 17.3 Å². The first-order chi connectivity index (χ1) is 10.1. The molecule has 0 aliphatic carbocycles. The van der Waals surface area contributed by atoms with Crippen LogP contribution in [0.15, 0.2) is 41.3 Å². The van der Waals surface area contributed by atoms with Gasteiger partial charge in [0.05, 0.1) is 14.2 Å². The van der Waals surface area contributed by atoms with E-state index in [9.17, 15) is 4.79 Å². The molecule has 0 N–H and O–H groups in total. The molecule has 0 aliphatic heterocycles. The Morgan fingerprint density at radius 2 is 2.19 bits per heavy atom. The number of carbonyl (C=O) groups excluding carboxylic acids is 1. The third-order valence-corrected chi connectivity index (χ3v) is 3.57. The van der Waals surface area contributed by atoms with Crippen molar-refractivity contribution in [2.45, 2.75) is 0 Å². The molecule has 2 rings (SSSR count). The van der Waals surface area contributed by atoms with Gasteiger partial charge in [0.25, 0.3) is 6.33 Å². The lowest BCUT2D eigenvalue weighted by Crippen LogP contribution is -2.25. The molecule has 0 radical (unpaired) electrons. The van der Waals surface area contributed by atoms with Crippen molar-refractivity contribution in [2.75, 3.05) is 13.4 Å². The normalized spacial score (nSPS) is 11.3. The number of carbonyl (C=O) groups is 1. The van der Waals surface area contributed by atoms with Crippen molar-refractivity contribution in [1.82, 2.24) is 4.68 Å². The predicted molar refractivity (Wildman–Crippen MR) is 83.4 cm³/mol. The largest absolute Gasteiger partial charge is 0.763 e. The number of nitrogens with zero attached hydrogens (tertiary/aromatic N) is 4. The molecule has 7 heteroatoms. The minimum Gasteiger partial charge on any atom is -0.763 e. The molecule has 108 valence electrons. The Hall–Kier alpha value is -2.37. The van der Waals surface area contributed by atoms with Crippen LogP contribution < -0.4 is 4.57 Å². The Labute approximate surface area is 126 Å². The summed E-state index contributed by atoms with van der Waals surface area (Å²) in [5.74, 6) is 1.16. The van der Waals surface area contributed by atoms with E-state index >= 15 is 0 Å². The maximum Gasteiger partial charge on any atom is 0.346 e. The number of ether oxygens (including phenoxy) is 1. The second-order valence-corrected chi connectivity index (χ2v) is 4.94. The number of thioether (sulfide) groups is 1. The number of hydrogen-bond acceptors (Lipinski definition) is 4. The third kappa shape index (κ3) is 2.89. The van der Waals surface area contributed by atoms with Gasteiger partial charge < -0.3 is 10.1 Å². The molecule has 1 aromatic heterocycles. The van der Waals surface area contributed by atoms with Gasteiger partial charge in [-0.3, -0.25) is 5.87 Å². The van der Waals surface area contributed by atoms with E-state index in [4.69, 9.17) is 5.41 Å². The van der Waals surface area contributed by atoms with Crippen molar-refractivity contribution in [2.24, 2.45) is 12.1 Å². The zero-order chi connectivity index (χ0) is 15.4. The second kappa shape index (κ2) is 6.39. The molecule has 0 bridgehead atoms. The van der Waals surface area contributed by atoms with E-state index in [2.05, 4.69) is 9.84 Å². The molecule has 0 saturated carbocycles. The van der Waals surface area contributed by atoms with Crippen molar-refractivity contribution >= 4 is 39.7 Å². The molecule has 0 fully saturated rings. The fourth-order valence-electron chi connectivity index (χ4n) is 1.90. The van der Waals surface area contributed by atoms with Crippen LogP contribution in [0.5, 0.6) is 0 Å². The van der Waals surface area contributed by atoms with E-state index in [1.807, 2.05) is 41.8 Å². The molecule has 0 aliphatic rings. The number of fused-ring (bicyclic) bond motifs is 1. The van der Waals surface area contributed by atoms with Crippen LogP contribution in [0.2, 0.25) is 0 Å². The lowest BCUT2D eigenvalue weighted by Gasteiger charge is -2.03. The molecule has 0 amide bonds. The molecule has 1 aromatic carbocycles. The van der Waals surface area contributed by atoms with Gasteiger partial charge in [0.15, 0.2) is 10.6 Å². The van der Waals surface area contributed by atoms with Crippen molar-refractivity contribution in [3.05, 3.63) is 41.6 Å². The second-order valence-electron chi connectivity index (χ2n) is 4.15. The highest BCUT2D eigenvalue weighted by molar-refractivity contribution is 8.14. The number of para-hydroxylation sites is 2. The van der Waals surface area contributed by atoms with E-state index in [0.29, 0.717) is 5.04 Å².